The molecule has 1 heterocycles. The van der Waals surface area contributed by atoms with Crippen molar-refractivity contribution in [3.05, 3.63) is 45.6 Å². The number of nitrogens with one attached hydrogen (secondary N) is 1. The highest BCUT2D eigenvalue weighted by Gasteiger charge is 2.23. The predicted octanol–water partition coefficient (Wildman–Crippen LogP) is 3.53. The van der Waals surface area contributed by atoms with E-state index < -0.39 is 9.84 Å². The van der Waals surface area contributed by atoms with Gasteiger partial charge >= 0.3 is 0 Å². The van der Waals surface area contributed by atoms with E-state index in [9.17, 15) is 13.2 Å². The van der Waals surface area contributed by atoms with Crippen LogP contribution in [0.2, 0.25) is 0 Å². The summed E-state index contributed by atoms with van der Waals surface area (Å²) in [5.74, 6) is 0.506. The first kappa shape index (κ1) is 16.2. The Morgan fingerprint density at radius 2 is 2.13 bits per heavy atom. The zero-order valence-corrected chi connectivity index (χ0v) is 14.8. The second-order valence-electron chi connectivity index (χ2n) is 6.15. The van der Waals surface area contributed by atoms with Gasteiger partial charge in [0.05, 0.1) is 10.5 Å². The van der Waals surface area contributed by atoms with Gasteiger partial charge < -0.3 is 5.32 Å². The highest BCUT2D eigenvalue weighted by Crippen LogP contribution is 2.33. The Morgan fingerprint density at radius 1 is 1.35 bits per heavy atom. The summed E-state index contributed by atoms with van der Waals surface area (Å²) in [5.41, 5.74) is 2.38. The van der Waals surface area contributed by atoms with Gasteiger partial charge in [-0.3, -0.25) is 4.79 Å². The summed E-state index contributed by atoms with van der Waals surface area (Å²) in [7, 11) is -3.28. The first-order chi connectivity index (χ1) is 10.8. The average molecular weight is 349 g/mol. The van der Waals surface area contributed by atoms with Crippen LogP contribution in [0.15, 0.2) is 34.5 Å². The minimum absolute atomic E-state index is 0.164. The molecule has 122 valence electrons. The highest BCUT2D eigenvalue weighted by atomic mass is 32.2. The fraction of sp³-hybridized carbons (Fsp3) is 0.353. The van der Waals surface area contributed by atoms with Crippen molar-refractivity contribution < 1.29 is 13.2 Å². The fourth-order valence-corrected chi connectivity index (χ4v) is 4.78. The van der Waals surface area contributed by atoms with E-state index in [-0.39, 0.29) is 10.8 Å². The largest absolute Gasteiger partial charge is 0.322 e. The quantitative estimate of drug-likeness (QED) is 0.922. The molecule has 1 atom stereocenters. The van der Waals surface area contributed by atoms with Crippen LogP contribution in [0.3, 0.4) is 0 Å². The molecular weight excluding hydrogens is 330 g/mol. The van der Waals surface area contributed by atoms with Gasteiger partial charge in [-0.25, -0.2) is 8.42 Å². The molecule has 1 aliphatic carbocycles. The zero-order valence-electron chi connectivity index (χ0n) is 13.1. The Labute approximate surface area is 140 Å². The molecule has 1 aromatic carbocycles. The van der Waals surface area contributed by atoms with E-state index in [0.717, 1.165) is 36.6 Å². The molecule has 0 saturated heterocycles. The van der Waals surface area contributed by atoms with Crippen molar-refractivity contribution in [1.82, 2.24) is 0 Å². The zero-order chi connectivity index (χ0) is 16.6. The minimum Gasteiger partial charge on any atom is -0.322 e. The summed E-state index contributed by atoms with van der Waals surface area (Å²) in [6, 6.07) is 6.36. The topological polar surface area (TPSA) is 63.2 Å². The first-order valence-electron chi connectivity index (χ1n) is 7.55. The van der Waals surface area contributed by atoms with E-state index in [1.165, 1.54) is 17.0 Å². The van der Waals surface area contributed by atoms with Gasteiger partial charge in [-0.1, -0.05) is 13.0 Å². The van der Waals surface area contributed by atoms with Crippen LogP contribution in [0.4, 0.5) is 5.69 Å². The number of sulfone groups is 1. The average Bonchev–Trinajstić information content (AvgIpc) is 2.89. The lowest BCUT2D eigenvalue weighted by molar-refractivity contribution is 0.102. The molecule has 6 heteroatoms. The number of benzene rings is 1. The third kappa shape index (κ3) is 3.48. The minimum atomic E-state index is -3.28. The van der Waals surface area contributed by atoms with E-state index in [0.29, 0.717) is 11.6 Å². The van der Waals surface area contributed by atoms with E-state index >= 15 is 0 Å². The molecule has 0 spiro atoms. The van der Waals surface area contributed by atoms with Gasteiger partial charge in [-0.15, -0.1) is 11.3 Å². The molecule has 4 nitrogen and oxygen atoms in total. The maximum atomic E-state index is 12.5. The van der Waals surface area contributed by atoms with Crippen molar-refractivity contribution in [1.29, 1.82) is 0 Å². The molecule has 1 aliphatic rings. The number of amides is 1. The number of carbonyl (C=O) groups excluding carboxylic acids is 1. The van der Waals surface area contributed by atoms with Crippen LogP contribution in [0, 0.1) is 5.92 Å². The summed E-state index contributed by atoms with van der Waals surface area (Å²) < 4.78 is 23.2. The summed E-state index contributed by atoms with van der Waals surface area (Å²) in [5, 5.41) is 4.74. The molecule has 1 N–H and O–H groups in total. The predicted molar refractivity (Wildman–Crippen MR) is 93.0 cm³/mol. The maximum absolute atomic E-state index is 12.5. The Balaban J connectivity index is 1.83. The van der Waals surface area contributed by atoms with E-state index in [2.05, 4.69) is 12.2 Å². The number of thiophene rings is 1. The molecule has 1 unspecified atom stereocenters. The van der Waals surface area contributed by atoms with Gasteiger partial charge in [0, 0.05) is 22.2 Å². The van der Waals surface area contributed by atoms with Crippen LogP contribution in [-0.2, 0) is 22.7 Å². The van der Waals surface area contributed by atoms with Crippen molar-refractivity contribution in [3.63, 3.8) is 0 Å². The Kier molecular flexibility index (Phi) is 4.29. The molecule has 0 radical (unpaired) electrons. The molecule has 0 bridgehead atoms. The summed E-state index contributed by atoms with van der Waals surface area (Å²) in [6.45, 7) is 2.24. The lowest BCUT2D eigenvalue weighted by Gasteiger charge is -2.18. The Bertz CT molecular complexity index is 852. The van der Waals surface area contributed by atoms with Gasteiger partial charge in [-0.2, -0.15) is 0 Å². The number of hydrogen-bond donors (Lipinski definition) is 1. The van der Waals surface area contributed by atoms with Crippen LogP contribution in [0.5, 0.6) is 0 Å². The summed E-state index contributed by atoms with van der Waals surface area (Å²) in [4.78, 5) is 14.0. The third-order valence-electron chi connectivity index (χ3n) is 4.17. The number of carbonyl (C=O) groups is 1. The highest BCUT2D eigenvalue weighted by molar-refractivity contribution is 7.90. The summed E-state index contributed by atoms with van der Waals surface area (Å²) in [6.07, 6.45) is 4.24. The molecule has 1 aromatic heterocycles. The molecular formula is C17H19NO3S2. The number of anilines is 1. The van der Waals surface area contributed by atoms with Crippen molar-refractivity contribution in [2.24, 2.45) is 5.92 Å². The van der Waals surface area contributed by atoms with Crippen LogP contribution < -0.4 is 5.32 Å². The fourth-order valence-electron chi connectivity index (χ4n) is 2.87. The van der Waals surface area contributed by atoms with Crippen molar-refractivity contribution in [2.75, 3.05) is 11.6 Å². The molecule has 0 aliphatic heterocycles. The normalized spacial score (nSPS) is 17.6. The standard InChI is InChI=1S/C17H19NO3S2/c1-11-6-7-14-15(10-22-16(14)8-11)17(19)18-12-4-3-5-13(9-12)23(2,20)21/h3-5,9-11H,6-8H2,1-2H3,(H,18,19). The first-order valence-corrected chi connectivity index (χ1v) is 10.3. The summed E-state index contributed by atoms with van der Waals surface area (Å²) >= 11 is 1.65. The van der Waals surface area contributed by atoms with Crippen molar-refractivity contribution in [3.8, 4) is 0 Å². The molecule has 23 heavy (non-hydrogen) atoms. The lowest BCUT2D eigenvalue weighted by atomic mass is 9.88. The van der Waals surface area contributed by atoms with Crippen LogP contribution in [0.1, 0.15) is 34.1 Å². The maximum Gasteiger partial charge on any atom is 0.256 e. The third-order valence-corrected chi connectivity index (χ3v) is 6.33. The second-order valence-corrected chi connectivity index (χ2v) is 9.13. The molecule has 0 fully saturated rings. The number of fused-ring (bicyclic) bond motifs is 1. The van der Waals surface area contributed by atoms with E-state index in [1.54, 1.807) is 23.5 Å². The lowest BCUT2D eigenvalue weighted by Crippen LogP contribution is -2.16. The van der Waals surface area contributed by atoms with E-state index in [1.807, 2.05) is 5.38 Å². The van der Waals surface area contributed by atoms with Gasteiger partial charge in [-0.05, 0) is 48.9 Å². The van der Waals surface area contributed by atoms with Crippen molar-refractivity contribution in [2.45, 2.75) is 31.1 Å². The SMILES string of the molecule is CC1CCc2c(C(=O)Nc3cccc(S(C)(=O)=O)c3)csc2C1. The van der Waals surface area contributed by atoms with Crippen LogP contribution >= 0.6 is 11.3 Å². The van der Waals surface area contributed by atoms with Gasteiger partial charge in [0.25, 0.3) is 5.91 Å². The van der Waals surface area contributed by atoms with Crippen LogP contribution in [-0.4, -0.2) is 20.6 Å². The van der Waals surface area contributed by atoms with Crippen LogP contribution in [0.25, 0.3) is 0 Å². The molecule has 0 saturated carbocycles. The number of rotatable bonds is 3. The second kappa shape index (κ2) is 6.09. The Hall–Kier alpha value is -1.66. The Morgan fingerprint density at radius 3 is 2.87 bits per heavy atom. The molecule has 1 amide bonds. The monoisotopic (exact) mass is 349 g/mol. The number of hydrogen-bond acceptors (Lipinski definition) is 4. The molecule has 3 rings (SSSR count). The van der Waals surface area contributed by atoms with Gasteiger partial charge in [0.1, 0.15) is 0 Å². The molecule has 2 aromatic rings. The van der Waals surface area contributed by atoms with Gasteiger partial charge in [0.15, 0.2) is 9.84 Å². The van der Waals surface area contributed by atoms with Gasteiger partial charge in [0.2, 0.25) is 0 Å². The van der Waals surface area contributed by atoms with E-state index in [4.69, 9.17) is 0 Å². The smallest absolute Gasteiger partial charge is 0.256 e. The van der Waals surface area contributed by atoms with Crippen molar-refractivity contribution >= 4 is 32.8 Å².